The van der Waals surface area contributed by atoms with Gasteiger partial charge in [0.25, 0.3) is 5.91 Å². The summed E-state index contributed by atoms with van der Waals surface area (Å²) in [6.07, 6.45) is 1.72. The molecule has 30 heavy (non-hydrogen) atoms. The highest BCUT2D eigenvalue weighted by molar-refractivity contribution is 7.12. The van der Waals surface area contributed by atoms with Crippen molar-refractivity contribution in [1.29, 1.82) is 0 Å². The van der Waals surface area contributed by atoms with Gasteiger partial charge in [-0.3, -0.25) is 4.79 Å². The van der Waals surface area contributed by atoms with Crippen LogP contribution in [0, 0.1) is 13.8 Å². The molecule has 0 aliphatic heterocycles. The van der Waals surface area contributed by atoms with Crippen molar-refractivity contribution in [2.24, 2.45) is 0 Å². The summed E-state index contributed by atoms with van der Waals surface area (Å²) in [6, 6.07) is 16.8. The van der Waals surface area contributed by atoms with Crippen LogP contribution in [0.1, 0.15) is 21.1 Å². The molecule has 3 aromatic heterocycles. The second-order valence-electron chi connectivity index (χ2n) is 6.67. The van der Waals surface area contributed by atoms with Gasteiger partial charge < -0.3 is 16.0 Å². The Labute approximate surface area is 178 Å². The zero-order valence-electron chi connectivity index (χ0n) is 16.5. The highest BCUT2D eigenvalue weighted by Crippen LogP contribution is 2.22. The largest absolute Gasteiger partial charge is 0.340 e. The van der Waals surface area contributed by atoms with Crippen molar-refractivity contribution in [3.8, 4) is 0 Å². The Morgan fingerprint density at radius 1 is 0.867 bits per heavy atom. The maximum absolute atomic E-state index is 12.3. The summed E-state index contributed by atoms with van der Waals surface area (Å²) in [6.45, 7) is 3.81. The summed E-state index contributed by atoms with van der Waals surface area (Å²) in [5.74, 6) is 2.55. The van der Waals surface area contributed by atoms with Crippen LogP contribution in [0.2, 0.25) is 0 Å². The molecule has 0 fully saturated rings. The van der Waals surface area contributed by atoms with Gasteiger partial charge in [0.2, 0.25) is 0 Å². The lowest BCUT2D eigenvalue weighted by Gasteiger charge is -2.10. The third kappa shape index (κ3) is 4.98. The number of benzene rings is 1. The molecule has 0 aliphatic rings. The second-order valence-corrected chi connectivity index (χ2v) is 7.58. The van der Waals surface area contributed by atoms with Crippen molar-refractivity contribution in [3.63, 3.8) is 0 Å². The number of thiophene rings is 1. The number of rotatable bonds is 6. The van der Waals surface area contributed by atoms with Crippen LogP contribution in [-0.2, 0) is 0 Å². The fourth-order valence-corrected chi connectivity index (χ4v) is 3.58. The first-order chi connectivity index (χ1) is 14.5. The van der Waals surface area contributed by atoms with Crippen LogP contribution >= 0.6 is 11.3 Å². The molecule has 0 atom stereocenters. The summed E-state index contributed by atoms with van der Waals surface area (Å²) in [4.78, 5) is 26.1. The van der Waals surface area contributed by atoms with Crippen molar-refractivity contribution >= 4 is 46.1 Å². The Bertz CT molecular complexity index is 1160. The standard InChI is InChI=1S/C22H20N6OS/c1-14-11-18(30-13-14)22(29)27-17-8-6-16(7-9-17)26-20-12-21(25-15(2)24-20)28-19-5-3-4-10-23-19/h3-13H,1-2H3,(H,27,29)(H2,23,24,25,26,28). The molecule has 150 valence electrons. The first-order valence-electron chi connectivity index (χ1n) is 9.32. The van der Waals surface area contributed by atoms with E-state index in [0.717, 1.165) is 16.9 Å². The van der Waals surface area contributed by atoms with E-state index in [9.17, 15) is 4.79 Å². The van der Waals surface area contributed by atoms with Gasteiger partial charge in [-0.05, 0) is 67.3 Å². The van der Waals surface area contributed by atoms with E-state index in [1.54, 1.807) is 6.20 Å². The van der Waals surface area contributed by atoms with Crippen LogP contribution in [0.5, 0.6) is 0 Å². The molecule has 4 aromatic rings. The van der Waals surface area contributed by atoms with E-state index in [2.05, 4.69) is 30.9 Å². The van der Waals surface area contributed by atoms with Gasteiger partial charge in [0.15, 0.2) is 0 Å². The van der Waals surface area contributed by atoms with E-state index in [0.29, 0.717) is 28.2 Å². The Kier molecular flexibility index (Phi) is 5.67. The number of amides is 1. The van der Waals surface area contributed by atoms with E-state index in [1.165, 1.54) is 11.3 Å². The van der Waals surface area contributed by atoms with Gasteiger partial charge in [0.05, 0.1) is 4.88 Å². The minimum atomic E-state index is -0.106. The number of hydrogen-bond acceptors (Lipinski definition) is 7. The number of aryl methyl sites for hydroxylation is 2. The highest BCUT2D eigenvalue weighted by atomic mass is 32.1. The number of hydrogen-bond donors (Lipinski definition) is 3. The van der Waals surface area contributed by atoms with Gasteiger partial charge in [-0.15, -0.1) is 11.3 Å². The first kappa shape index (κ1) is 19.5. The summed E-state index contributed by atoms with van der Waals surface area (Å²) < 4.78 is 0. The number of aromatic nitrogens is 3. The maximum atomic E-state index is 12.3. The van der Waals surface area contributed by atoms with E-state index in [4.69, 9.17) is 0 Å². The molecule has 7 nitrogen and oxygen atoms in total. The molecule has 4 rings (SSSR count). The molecule has 1 aromatic carbocycles. The first-order valence-corrected chi connectivity index (χ1v) is 10.2. The lowest BCUT2D eigenvalue weighted by atomic mass is 10.2. The minimum Gasteiger partial charge on any atom is -0.340 e. The van der Waals surface area contributed by atoms with Gasteiger partial charge in [-0.1, -0.05) is 6.07 Å². The van der Waals surface area contributed by atoms with Crippen molar-refractivity contribution in [3.05, 3.63) is 82.4 Å². The average Bonchev–Trinajstić information content (AvgIpc) is 3.16. The van der Waals surface area contributed by atoms with Gasteiger partial charge in [-0.25, -0.2) is 15.0 Å². The van der Waals surface area contributed by atoms with Crippen LogP contribution in [0.25, 0.3) is 0 Å². The molecule has 0 unspecified atom stereocenters. The predicted molar refractivity (Wildman–Crippen MR) is 121 cm³/mol. The Hall–Kier alpha value is -3.78. The minimum absolute atomic E-state index is 0.106. The third-order valence-corrected chi connectivity index (χ3v) is 5.18. The van der Waals surface area contributed by atoms with Crippen molar-refractivity contribution in [2.75, 3.05) is 16.0 Å². The molecule has 0 saturated carbocycles. The number of nitrogens with one attached hydrogen (secondary N) is 3. The molecule has 3 N–H and O–H groups in total. The predicted octanol–water partition coefficient (Wildman–Crippen LogP) is 5.29. The van der Waals surface area contributed by atoms with E-state index < -0.39 is 0 Å². The molecule has 0 saturated heterocycles. The van der Waals surface area contributed by atoms with Gasteiger partial charge in [0.1, 0.15) is 23.3 Å². The fourth-order valence-electron chi connectivity index (χ4n) is 2.79. The summed E-state index contributed by atoms with van der Waals surface area (Å²) in [7, 11) is 0. The Balaban J connectivity index is 1.43. The van der Waals surface area contributed by atoms with E-state index in [-0.39, 0.29) is 5.91 Å². The lowest BCUT2D eigenvalue weighted by molar-refractivity contribution is 0.103. The Morgan fingerprint density at radius 3 is 2.27 bits per heavy atom. The normalized spacial score (nSPS) is 10.5. The molecule has 0 spiro atoms. The molecule has 0 bridgehead atoms. The summed E-state index contributed by atoms with van der Waals surface area (Å²) in [5, 5.41) is 11.3. The highest BCUT2D eigenvalue weighted by Gasteiger charge is 2.09. The zero-order chi connectivity index (χ0) is 20.9. The van der Waals surface area contributed by atoms with Crippen molar-refractivity contribution in [1.82, 2.24) is 15.0 Å². The number of pyridine rings is 1. The molecule has 0 aliphatic carbocycles. The Morgan fingerprint density at radius 2 is 1.60 bits per heavy atom. The van der Waals surface area contributed by atoms with Crippen molar-refractivity contribution in [2.45, 2.75) is 13.8 Å². The fraction of sp³-hybridized carbons (Fsp3) is 0.0909. The van der Waals surface area contributed by atoms with Crippen LogP contribution in [-0.4, -0.2) is 20.9 Å². The zero-order valence-corrected chi connectivity index (χ0v) is 17.3. The van der Waals surface area contributed by atoms with Gasteiger partial charge in [-0.2, -0.15) is 0 Å². The quantitative estimate of drug-likeness (QED) is 0.396. The molecular formula is C22H20N6OS. The van der Waals surface area contributed by atoms with Crippen LogP contribution < -0.4 is 16.0 Å². The molecule has 3 heterocycles. The third-order valence-electron chi connectivity index (χ3n) is 4.13. The molecular weight excluding hydrogens is 396 g/mol. The van der Waals surface area contributed by atoms with Crippen LogP contribution in [0.3, 0.4) is 0 Å². The van der Waals surface area contributed by atoms with Gasteiger partial charge in [0, 0.05) is 23.6 Å². The van der Waals surface area contributed by atoms with Gasteiger partial charge >= 0.3 is 0 Å². The summed E-state index contributed by atoms with van der Waals surface area (Å²) >= 11 is 1.44. The summed E-state index contributed by atoms with van der Waals surface area (Å²) in [5.41, 5.74) is 2.66. The average molecular weight is 417 g/mol. The van der Waals surface area contributed by atoms with Crippen molar-refractivity contribution < 1.29 is 4.79 Å². The number of carbonyl (C=O) groups excluding carboxylic acids is 1. The monoisotopic (exact) mass is 416 g/mol. The molecule has 1 amide bonds. The number of carbonyl (C=O) groups is 1. The number of anilines is 5. The molecule has 8 heteroatoms. The van der Waals surface area contributed by atoms with Crippen LogP contribution in [0.4, 0.5) is 28.8 Å². The van der Waals surface area contributed by atoms with E-state index in [1.807, 2.05) is 73.8 Å². The van der Waals surface area contributed by atoms with Crippen LogP contribution in [0.15, 0.2) is 66.2 Å². The number of nitrogens with zero attached hydrogens (tertiary/aromatic N) is 3. The van der Waals surface area contributed by atoms with E-state index >= 15 is 0 Å². The SMILES string of the molecule is Cc1csc(C(=O)Nc2ccc(Nc3cc(Nc4ccccn4)nc(C)n3)cc2)c1. The second kappa shape index (κ2) is 8.71. The smallest absolute Gasteiger partial charge is 0.265 e. The topological polar surface area (TPSA) is 91.8 Å². The molecule has 0 radical (unpaired) electrons. The maximum Gasteiger partial charge on any atom is 0.265 e. The lowest BCUT2D eigenvalue weighted by Crippen LogP contribution is -2.10.